The number of carbonyl (C=O) groups excluding carboxylic acids is 1. The topological polar surface area (TPSA) is 55.2 Å². The lowest BCUT2D eigenvalue weighted by Gasteiger charge is -2.33. The first-order valence-electron chi connectivity index (χ1n) is 9.52. The lowest BCUT2D eigenvalue weighted by atomic mass is 9.91. The third kappa shape index (κ3) is 4.14. The molecule has 5 heteroatoms. The monoisotopic (exact) mass is 357 g/mol. The van der Waals surface area contributed by atoms with E-state index in [9.17, 15) is 9.59 Å². The van der Waals surface area contributed by atoms with Crippen LogP contribution in [-0.4, -0.2) is 26.9 Å². The highest BCUT2D eigenvalue weighted by molar-refractivity contribution is 5.78. The van der Waals surface area contributed by atoms with Crippen molar-refractivity contribution in [3.05, 3.63) is 40.4 Å². The Hall–Kier alpha value is -2.17. The molecule has 1 amide bonds. The molecule has 1 unspecified atom stereocenters. The van der Waals surface area contributed by atoms with Crippen molar-refractivity contribution in [1.82, 2.24) is 14.5 Å². The van der Waals surface area contributed by atoms with E-state index in [1.165, 1.54) is 0 Å². The van der Waals surface area contributed by atoms with Gasteiger partial charge in [-0.05, 0) is 37.8 Å². The lowest BCUT2D eigenvalue weighted by molar-refractivity contribution is -0.135. The van der Waals surface area contributed by atoms with Gasteiger partial charge in [-0.1, -0.05) is 39.8 Å². The maximum atomic E-state index is 12.9. The van der Waals surface area contributed by atoms with Gasteiger partial charge in [0, 0.05) is 19.5 Å². The van der Waals surface area contributed by atoms with Crippen LogP contribution in [-0.2, 0) is 11.3 Å². The summed E-state index contributed by atoms with van der Waals surface area (Å²) in [6.45, 7) is 13.3. The Morgan fingerprint density at radius 1 is 1.19 bits per heavy atom. The standard InChI is InChI=1S/C21H31N3O2/c1-7-17(23(8-2)18(25)14-21(4,5)6)19-22-16-13-11-10-12-15(16)20(26)24(19)9-3/h10-13,17H,7-9,14H2,1-6H3. The highest BCUT2D eigenvalue weighted by atomic mass is 16.2. The summed E-state index contributed by atoms with van der Waals surface area (Å²) in [7, 11) is 0. The highest BCUT2D eigenvalue weighted by Crippen LogP contribution is 2.27. The van der Waals surface area contributed by atoms with E-state index < -0.39 is 0 Å². The quantitative estimate of drug-likeness (QED) is 0.780. The van der Waals surface area contributed by atoms with Gasteiger partial charge >= 0.3 is 0 Å². The average molecular weight is 357 g/mol. The minimum Gasteiger partial charge on any atom is -0.333 e. The van der Waals surface area contributed by atoms with E-state index >= 15 is 0 Å². The van der Waals surface area contributed by atoms with Gasteiger partial charge in [0.25, 0.3) is 5.56 Å². The van der Waals surface area contributed by atoms with Crippen molar-refractivity contribution in [1.29, 1.82) is 0 Å². The molecule has 142 valence electrons. The first kappa shape index (κ1) is 20.1. The number of amides is 1. The number of benzene rings is 1. The second-order valence-electron chi connectivity index (χ2n) is 7.88. The molecular formula is C21H31N3O2. The summed E-state index contributed by atoms with van der Waals surface area (Å²) in [6.07, 6.45) is 1.19. The average Bonchev–Trinajstić information content (AvgIpc) is 2.57. The summed E-state index contributed by atoms with van der Waals surface area (Å²) in [5.74, 6) is 0.791. The van der Waals surface area contributed by atoms with Crippen LogP contribution >= 0.6 is 0 Å². The third-order valence-corrected chi connectivity index (χ3v) is 4.61. The SMILES string of the molecule is CCC(c1nc2ccccc2c(=O)n1CC)N(CC)C(=O)CC(C)(C)C. The van der Waals surface area contributed by atoms with E-state index in [1.54, 1.807) is 4.57 Å². The molecule has 0 aliphatic heterocycles. The molecule has 1 atom stereocenters. The van der Waals surface area contributed by atoms with Gasteiger partial charge in [-0.25, -0.2) is 4.98 Å². The molecule has 1 aromatic carbocycles. The van der Waals surface area contributed by atoms with Crippen LogP contribution in [0.5, 0.6) is 0 Å². The van der Waals surface area contributed by atoms with E-state index in [4.69, 9.17) is 4.98 Å². The fourth-order valence-electron chi connectivity index (χ4n) is 3.41. The number of nitrogens with zero attached hydrogens (tertiary/aromatic N) is 3. The van der Waals surface area contributed by atoms with Crippen molar-refractivity contribution >= 4 is 16.8 Å². The van der Waals surface area contributed by atoms with Crippen molar-refractivity contribution in [3.8, 4) is 0 Å². The number of aromatic nitrogens is 2. The van der Waals surface area contributed by atoms with E-state index in [0.29, 0.717) is 42.7 Å². The van der Waals surface area contributed by atoms with Crippen LogP contribution < -0.4 is 5.56 Å². The van der Waals surface area contributed by atoms with E-state index in [0.717, 1.165) is 0 Å². The zero-order valence-electron chi connectivity index (χ0n) is 16.9. The molecule has 5 nitrogen and oxygen atoms in total. The van der Waals surface area contributed by atoms with Crippen LogP contribution in [0.25, 0.3) is 10.9 Å². The fourth-order valence-corrected chi connectivity index (χ4v) is 3.41. The molecule has 26 heavy (non-hydrogen) atoms. The van der Waals surface area contributed by atoms with Crippen molar-refractivity contribution < 1.29 is 4.79 Å². The third-order valence-electron chi connectivity index (χ3n) is 4.61. The van der Waals surface area contributed by atoms with Crippen LogP contribution in [0, 0.1) is 5.41 Å². The molecular weight excluding hydrogens is 326 g/mol. The molecule has 0 spiro atoms. The minimum absolute atomic E-state index is 0.0362. The van der Waals surface area contributed by atoms with Gasteiger partial charge in [0.2, 0.25) is 5.91 Å². The molecule has 2 aromatic rings. The Morgan fingerprint density at radius 3 is 2.38 bits per heavy atom. The van der Waals surface area contributed by atoms with Gasteiger partial charge in [0.15, 0.2) is 0 Å². The van der Waals surface area contributed by atoms with Gasteiger partial charge < -0.3 is 4.90 Å². The molecule has 0 saturated heterocycles. The predicted octanol–water partition coefficient (Wildman–Crippen LogP) is 4.15. The molecule has 0 bridgehead atoms. The van der Waals surface area contributed by atoms with Crippen LogP contribution in [0.3, 0.4) is 0 Å². The Morgan fingerprint density at radius 2 is 1.85 bits per heavy atom. The van der Waals surface area contributed by atoms with Gasteiger partial charge in [-0.3, -0.25) is 14.2 Å². The predicted molar refractivity (Wildman–Crippen MR) is 106 cm³/mol. The summed E-state index contributed by atoms with van der Waals surface area (Å²) >= 11 is 0. The number of carbonyl (C=O) groups is 1. The first-order valence-corrected chi connectivity index (χ1v) is 9.52. The Kier molecular flexibility index (Phi) is 6.21. The number of para-hydroxylation sites is 1. The highest BCUT2D eigenvalue weighted by Gasteiger charge is 2.29. The van der Waals surface area contributed by atoms with Gasteiger partial charge in [0.05, 0.1) is 16.9 Å². The Bertz CT molecular complexity index is 833. The zero-order valence-corrected chi connectivity index (χ0v) is 16.9. The smallest absolute Gasteiger partial charge is 0.261 e. The summed E-state index contributed by atoms with van der Waals surface area (Å²) in [6, 6.07) is 7.21. The van der Waals surface area contributed by atoms with Crippen molar-refractivity contribution in [2.45, 2.75) is 67.0 Å². The molecule has 0 radical (unpaired) electrons. The Labute approximate surface area is 156 Å². The van der Waals surface area contributed by atoms with E-state index in [2.05, 4.69) is 20.8 Å². The minimum atomic E-state index is -0.202. The number of fused-ring (bicyclic) bond motifs is 1. The van der Waals surface area contributed by atoms with Crippen LogP contribution in [0.1, 0.15) is 66.3 Å². The second-order valence-corrected chi connectivity index (χ2v) is 7.88. The normalized spacial score (nSPS) is 13.0. The Balaban J connectivity index is 2.58. The van der Waals surface area contributed by atoms with Gasteiger partial charge in [-0.15, -0.1) is 0 Å². The van der Waals surface area contributed by atoms with E-state index in [-0.39, 0.29) is 22.9 Å². The number of hydrogen-bond acceptors (Lipinski definition) is 3. The van der Waals surface area contributed by atoms with Gasteiger partial charge in [-0.2, -0.15) is 0 Å². The first-order chi connectivity index (χ1) is 12.2. The molecule has 1 aromatic heterocycles. The van der Waals surface area contributed by atoms with Crippen molar-refractivity contribution in [3.63, 3.8) is 0 Å². The largest absolute Gasteiger partial charge is 0.333 e. The van der Waals surface area contributed by atoms with Gasteiger partial charge in [0.1, 0.15) is 5.82 Å². The maximum Gasteiger partial charge on any atom is 0.261 e. The maximum absolute atomic E-state index is 12.9. The molecule has 0 saturated carbocycles. The zero-order chi connectivity index (χ0) is 19.5. The molecule has 2 rings (SSSR count). The number of rotatable bonds is 6. The van der Waals surface area contributed by atoms with E-state index in [1.807, 2.05) is 49.9 Å². The second kappa shape index (κ2) is 8.02. The lowest BCUT2D eigenvalue weighted by Crippen LogP contribution is -2.39. The van der Waals surface area contributed by atoms with Crippen LogP contribution in [0.4, 0.5) is 0 Å². The summed E-state index contributed by atoms with van der Waals surface area (Å²) in [4.78, 5) is 32.5. The fraction of sp³-hybridized carbons (Fsp3) is 0.571. The van der Waals surface area contributed by atoms with Crippen LogP contribution in [0.15, 0.2) is 29.1 Å². The molecule has 0 fully saturated rings. The molecule has 0 aliphatic carbocycles. The molecule has 0 N–H and O–H groups in total. The number of hydrogen-bond donors (Lipinski definition) is 0. The molecule has 1 heterocycles. The van der Waals surface area contributed by atoms with Crippen molar-refractivity contribution in [2.75, 3.05) is 6.54 Å². The van der Waals surface area contributed by atoms with Crippen LogP contribution in [0.2, 0.25) is 0 Å². The van der Waals surface area contributed by atoms with Crippen molar-refractivity contribution in [2.24, 2.45) is 5.41 Å². The molecule has 0 aliphatic rings. The summed E-state index contributed by atoms with van der Waals surface area (Å²) in [5.41, 5.74) is 0.574. The summed E-state index contributed by atoms with van der Waals surface area (Å²) in [5, 5.41) is 0.622. The summed E-state index contributed by atoms with van der Waals surface area (Å²) < 4.78 is 1.71.